The Hall–Kier alpha value is 0.180. The first kappa shape index (κ1) is 10.3. The fourth-order valence-corrected chi connectivity index (χ4v) is 2.37. The van der Waals surface area contributed by atoms with Crippen molar-refractivity contribution >= 4 is 15.9 Å². The average molecular weight is 233 g/mol. The van der Waals surface area contributed by atoms with Gasteiger partial charge in [0.25, 0.3) is 0 Å². The van der Waals surface area contributed by atoms with Crippen LogP contribution in [-0.2, 0) is 4.74 Å². The van der Waals surface area contributed by atoms with E-state index in [1.54, 1.807) is 0 Å². The molecule has 1 heterocycles. The quantitative estimate of drug-likeness (QED) is 0.526. The fourth-order valence-electron chi connectivity index (χ4n) is 1.77. The van der Waals surface area contributed by atoms with Gasteiger partial charge in [-0.2, -0.15) is 0 Å². The Labute approximate surface area is 83.3 Å². The normalized spacial score (nSPS) is 36.4. The van der Waals surface area contributed by atoms with Crippen LogP contribution >= 0.6 is 15.9 Å². The van der Waals surface area contributed by atoms with E-state index in [-0.39, 0.29) is 0 Å². The number of hydrogen-bond acceptors (Lipinski definition) is 1. The third kappa shape index (κ3) is 2.33. The van der Waals surface area contributed by atoms with E-state index in [4.69, 9.17) is 4.74 Å². The van der Waals surface area contributed by atoms with Gasteiger partial charge in [-0.1, -0.05) is 28.1 Å². The Morgan fingerprint density at radius 1 is 1.58 bits per heavy atom. The first-order valence-electron chi connectivity index (χ1n) is 4.52. The van der Waals surface area contributed by atoms with Crippen LogP contribution < -0.4 is 0 Å². The van der Waals surface area contributed by atoms with Crippen molar-refractivity contribution in [3.05, 3.63) is 12.2 Å². The first-order chi connectivity index (χ1) is 5.65. The maximum atomic E-state index is 5.80. The van der Waals surface area contributed by atoms with E-state index in [2.05, 4.69) is 36.4 Å². The van der Waals surface area contributed by atoms with E-state index in [1.165, 1.54) is 18.4 Å². The topological polar surface area (TPSA) is 9.23 Å². The lowest BCUT2D eigenvalue weighted by atomic mass is 9.88. The van der Waals surface area contributed by atoms with Crippen LogP contribution in [0, 0.1) is 5.92 Å². The summed E-state index contributed by atoms with van der Waals surface area (Å²) in [6, 6.07) is 0. The zero-order chi connectivity index (χ0) is 9.14. The van der Waals surface area contributed by atoms with E-state index in [0.717, 1.165) is 5.33 Å². The molecule has 0 unspecified atom stereocenters. The minimum absolute atomic E-state index is 0.339. The van der Waals surface area contributed by atoms with Gasteiger partial charge >= 0.3 is 0 Å². The van der Waals surface area contributed by atoms with Gasteiger partial charge in [0.2, 0.25) is 0 Å². The lowest BCUT2D eigenvalue weighted by Gasteiger charge is -2.34. The summed E-state index contributed by atoms with van der Waals surface area (Å²) in [5, 5.41) is 0.925. The van der Waals surface area contributed by atoms with E-state index in [9.17, 15) is 0 Å². The van der Waals surface area contributed by atoms with Gasteiger partial charge in [0, 0.05) is 11.2 Å². The molecule has 0 aromatic carbocycles. The molecule has 0 saturated carbocycles. The van der Waals surface area contributed by atoms with E-state index >= 15 is 0 Å². The van der Waals surface area contributed by atoms with Crippen molar-refractivity contribution < 1.29 is 4.74 Å². The van der Waals surface area contributed by atoms with Crippen LogP contribution in [-0.4, -0.2) is 17.5 Å². The van der Waals surface area contributed by atoms with Crippen molar-refractivity contribution in [1.82, 2.24) is 0 Å². The first-order valence-corrected chi connectivity index (χ1v) is 5.64. The lowest BCUT2D eigenvalue weighted by molar-refractivity contribution is -0.0512. The van der Waals surface area contributed by atoms with Crippen LogP contribution in [0.3, 0.4) is 0 Å². The predicted molar refractivity (Wildman–Crippen MR) is 55.7 cm³/mol. The van der Waals surface area contributed by atoms with Crippen molar-refractivity contribution in [3.63, 3.8) is 0 Å². The molecule has 0 spiro atoms. The third-order valence-electron chi connectivity index (χ3n) is 2.53. The second-order valence-electron chi connectivity index (χ2n) is 3.67. The van der Waals surface area contributed by atoms with Gasteiger partial charge in [-0.05, 0) is 26.7 Å². The molecule has 0 radical (unpaired) electrons. The van der Waals surface area contributed by atoms with Crippen LogP contribution in [0.15, 0.2) is 12.2 Å². The van der Waals surface area contributed by atoms with Gasteiger partial charge in [0.15, 0.2) is 0 Å². The maximum Gasteiger partial charge on any atom is 0.0740 e. The van der Waals surface area contributed by atoms with Gasteiger partial charge in [-0.25, -0.2) is 0 Å². The summed E-state index contributed by atoms with van der Waals surface area (Å²) >= 11 is 3.48. The molecule has 0 aliphatic carbocycles. The molecule has 12 heavy (non-hydrogen) atoms. The van der Waals surface area contributed by atoms with Gasteiger partial charge in [0.1, 0.15) is 0 Å². The fraction of sp³-hybridized carbons (Fsp3) is 0.800. The molecule has 0 amide bonds. The minimum Gasteiger partial charge on any atom is -0.374 e. The standard InChI is InChI=1S/C10H17BrO/c1-7(2)9-5-4-8(3)12-10(9)6-11/h8-10H,1,4-6H2,2-3H3/t8-,9+,10-/m1/s1. The molecule has 1 rings (SSSR count). The van der Waals surface area contributed by atoms with Crippen molar-refractivity contribution in [2.45, 2.75) is 38.9 Å². The minimum atomic E-state index is 0.339. The van der Waals surface area contributed by atoms with Crippen molar-refractivity contribution in [2.24, 2.45) is 5.92 Å². The molecule has 0 bridgehead atoms. The van der Waals surface area contributed by atoms with E-state index in [0.29, 0.717) is 18.1 Å². The van der Waals surface area contributed by atoms with Crippen molar-refractivity contribution in [1.29, 1.82) is 0 Å². The number of alkyl halides is 1. The van der Waals surface area contributed by atoms with Crippen LogP contribution in [0.25, 0.3) is 0 Å². The summed E-state index contributed by atoms with van der Waals surface area (Å²) in [6.45, 7) is 8.24. The third-order valence-corrected chi connectivity index (χ3v) is 3.16. The van der Waals surface area contributed by atoms with E-state index < -0.39 is 0 Å². The van der Waals surface area contributed by atoms with E-state index in [1.807, 2.05) is 0 Å². The zero-order valence-corrected chi connectivity index (χ0v) is 9.43. The summed E-state index contributed by atoms with van der Waals surface area (Å²) < 4.78 is 5.80. The average Bonchev–Trinajstić information content (AvgIpc) is 2.03. The molecular formula is C10H17BrO. The number of rotatable bonds is 2. The molecule has 1 nitrogen and oxygen atoms in total. The Morgan fingerprint density at radius 2 is 2.25 bits per heavy atom. The van der Waals surface area contributed by atoms with Crippen LogP contribution in [0.2, 0.25) is 0 Å². The highest BCUT2D eigenvalue weighted by Crippen LogP contribution is 2.30. The van der Waals surface area contributed by atoms with Gasteiger partial charge in [-0.15, -0.1) is 0 Å². The molecule has 2 heteroatoms. The SMILES string of the molecule is C=C(C)[C@@H]1CC[C@@H](C)O[C@@H]1CBr. The molecule has 70 valence electrons. The van der Waals surface area contributed by atoms with Crippen LogP contribution in [0.1, 0.15) is 26.7 Å². The molecular weight excluding hydrogens is 216 g/mol. The molecule has 1 aliphatic heterocycles. The van der Waals surface area contributed by atoms with Gasteiger partial charge in [-0.3, -0.25) is 0 Å². The summed E-state index contributed by atoms with van der Waals surface area (Å²) in [6.07, 6.45) is 3.16. The highest BCUT2D eigenvalue weighted by Gasteiger charge is 2.28. The largest absolute Gasteiger partial charge is 0.374 e. The molecule has 1 saturated heterocycles. The predicted octanol–water partition coefficient (Wildman–Crippen LogP) is 3.14. The number of ether oxygens (including phenoxy) is 1. The van der Waals surface area contributed by atoms with Gasteiger partial charge in [0.05, 0.1) is 12.2 Å². The second kappa shape index (κ2) is 4.43. The molecule has 0 aromatic heterocycles. The number of halogens is 1. The van der Waals surface area contributed by atoms with Gasteiger partial charge < -0.3 is 4.74 Å². The Bertz CT molecular complexity index is 167. The molecule has 3 atom stereocenters. The van der Waals surface area contributed by atoms with Crippen molar-refractivity contribution in [2.75, 3.05) is 5.33 Å². The lowest BCUT2D eigenvalue weighted by Crippen LogP contribution is -2.35. The monoisotopic (exact) mass is 232 g/mol. The second-order valence-corrected chi connectivity index (χ2v) is 4.32. The zero-order valence-electron chi connectivity index (χ0n) is 7.85. The Morgan fingerprint density at radius 3 is 2.75 bits per heavy atom. The van der Waals surface area contributed by atoms with Crippen LogP contribution in [0.4, 0.5) is 0 Å². The molecule has 1 aliphatic rings. The highest BCUT2D eigenvalue weighted by atomic mass is 79.9. The summed E-state index contributed by atoms with van der Waals surface area (Å²) in [5.41, 5.74) is 1.26. The Balaban J connectivity index is 2.56. The summed E-state index contributed by atoms with van der Waals surface area (Å²) in [4.78, 5) is 0. The molecule has 1 fully saturated rings. The summed E-state index contributed by atoms with van der Waals surface area (Å²) in [7, 11) is 0. The smallest absolute Gasteiger partial charge is 0.0740 e. The Kier molecular flexibility index (Phi) is 3.78. The van der Waals surface area contributed by atoms with Crippen molar-refractivity contribution in [3.8, 4) is 0 Å². The maximum absolute atomic E-state index is 5.80. The molecule has 0 aromatic rings. The van der Waals surface area contributed by atoms with Crippen LogP contribution in [0.5, 0.6) is 0 Å². The number of hydrogen-bond donors (Lipinski definition) is 0. The molecule has 0 N–H and O–H groups in total. The summed E-state index contributed by atoms with van der Waals surface area (Å²) in [5.74, 6) is 0.556. The highest BCUT2D eigenvalue weighted by molar-refractivity contribution is 9.09.